The number of halogens is 2. The quantitative estimate of drug-likeness (QED) is 0.236. The van der Waals surface area contributed by atoms with Crippen molar-refractivity contribution in [1.29, 1.82) is 0 Å². The molecule has 0 unspecified atom stereocenters. The number of nitrogens with one attached hydrogen (secondary N) is 2. The lowest BCUT2D eigenvalue weighted by atomic mass is 9.85. The predicted octanol–water partition coefficient (Wildman–Crippen LogP) is 8.04. The van der Waals surface area contributed by atoms with Crippen LogP contribution < -0.4 is 15.5 Å². The summed E-state index contributed by atoms with van der Waals surface area (Å²) in [7, 11) is 1.85. The van der Waals surface area contributed by atoms with E-state index in [-0.39, 0.29) is 22.2 Å². The van der Waals surface area contributed by atoms with E-state index in [2.05, 4.69) is 31.4 Å². The average Bonchev–Trinajstić information content (AvgIpc) is 2.89. The van der Waals surface area contributed by atoms with Gasteiger partial charge < -0.3 is 20.6 Å². The van der Waals surface area contributed by atoms with E-state index in [1.807, 2.05) is 36.2 Å². The third-order valence-corrected chi connectivity index (χ3v) is 6.32. The number of amides is 2. The van der Waals surface area contributed by atoms with Crippen molar-refractivity contribution in [2.24, 2.45) is 0 Å². The summed E-state index contributed by atoms with van der Waals surface area (Å²) >= 11 is 0. The second kappa shape index (κ2) is 10.9. The third-order valence-electron chi connectivity index (χ3n) is 6.32. The van der Waals surface area contributed by atoms with E-state index in [1.165, 1.54) is 24.3 Å². The summed E-state index contributed by atoms with van der Waals surface area (Å²) in [5.41, 5.74) is 3.14. The molecule has 0 aliphatic carbocycles. The molecule has 8 heteroatoms. The summed E-state index contributed by atoms with van der Waals surface area (Å²) in [6, 6.07) is 21.3. The molecule has 2 amide bonds. The third kappa shape index (κ3) is 6.06. The lowest BCUT2D eigenvalue weighted by Gasteiger charge is -2.30. The van der Waals surface area contributed by atoms with Gasteiger partial charge in [0.25, 0.3) is 0 Å². The van der Waals surface area contributed by atoms with Gasteiger partial charge in [0.05, 0.1) is 22.6 Å². The summed E-state index contributed by atoms with van der Waals surface area (Å²) in [6.07, 6.45) is 0. The number of carbonyl (C=O) groups is 2. The Labute approximate surface area is 225 Å². The highest BCUT2D eigenvalue weighted by molar-refractivity contribution is 6.04. The van der Waals surface area contributed by atoms with Gasteiger partial charge in [-0.1, -0.05) is 57.2 Å². The number of hydrogen-bond acceptors (Lipinski definition) is 3. The van der Waals surface area contributed by atoms with E-state index in [0.29, 0.717) is 16.9 Å². The van der Waals surface area contributed by atoms with Crippen LogP contribution in [0.3, 0.4) is 0 Å². The zero-order valence-electron chi connectivity index (χ0n) is 22.0. The van der Waals surface area contributed by atoms with Crippen LogP contribution in [0.25, 0.3) is 11.1 Å². The fourth-order valence-corrected chi connectivity index (χ4v) is 4.41. The van der Waals surface area contributed by atoms with Crippen molar-refractivity contribution in [1.82, 2.24) is 0 Å². The molecular weight excluding hydrogens is 500 g/mol. The van der Waals surface area contributed by atoms with Crippen LogP contribution >= 0.6 is 0 Å². The zero-order valence-corrected chi connectivity index (χ0v) is 22.0. The topological polar surface area (TPSA) is 81.7 Å². The Morgan fingerprint density at radius 2 is 1.46 bits per heavy atom. The second-order valence-corrected chi connectivity index (χ2v) is 10.1. The summed E-state index contributed by atoms with van der Waals surface area (Å²) in [5.74, 6) is -2.40. The molecule has 0 aliphatic heterocycles. The van der Waals surface area contributed by atoms with Gasteiger partial charge in [0.1, 0.15) is 11.6 Å². The van der Waals surface area contributed by atoms with Gasteiger partial charge in [0.2, 0.25) is 0 Å². The summed E-state index contributed by atoms with van der Waals surface area (Å²) in [6.45, 7) is 6.30. The molecule has 0 heterocycles. The maximum absolute atomic E-state index is 14.2. The minimum absolute atomic E-state index is 0.00238. The van der Waals surface area contributed by atoms with Crippen LogP contribution in [0.4, 0.5) is 36.3 Å². The number of anilines is 4. The van der Waals surface area contributed by atoms with Crippen LogP contribution in [0.1, 0.15) is 36.7 Å². The van der Waals surface area contributed by atoms with Crippen molar-refractivity contribution in [2.45, 2.75) is 26.2 Å². The van der Waals surface area contributed by atoms with Crippen LogP contribution in [-0.4, -0.2) is 24.2 Å². The Hall–Kier alpha value is -4.72. The molecule has 200 valence electrons. The normalized spacial score (nSPS) is 11.1. The molecule has 6 nitrogen and oxygen atoms in total. The largest absolute Gasteiger partial charge is 0.478 e. The fourth-order valence-electron chi connectivity index (χ4n) is 4.41. The Balaban J connectivity index is 1.83. The van der Waals surface area contributed by atoms with Gasteiger partial charge in [0.15, 0.2) is 0 Å². The number of para-hydroxylation sites is 2. The summed E-state index contributed by atoms with van der Waals surface area (Å²) in [4.78, 5) is 26.7. The second-order valence-electron chi connectivity index (χ2n) is 10.1. The highest BCUT2D eigenvalue weighted by Gasteiger charge is 2.23. The first kappa shape index (κ1) is 27.3. The van der Waals surface area contributed by atoms with Gasteiger partial charge in [-0.05, 0) is 70.6 Å². The number of carbonyl (C=O) groups excluding carboxylic acids is 1. The van der Waals surface area contributed by atoms with Gasteiger partial charge >= 0.3 is 12.0 Å². The maximum Gasteiger partial charge on any atom is 0.336 e. The van der Waals surface area contributed by atoms with Crippen molar-refractivity contribution in [2.75, 3.05) is 22.6 Å². The molecule has 39 heavy (non-hydrogen) atoms. The minimum Gasteiger partial charge on any atom is -0.478 e. The number of nitrogens with zero attached hydrogens (tertiary/aromatic N) is 1. The number of hydrogen-bond donors (Lipinski definition) is 3. The van der Waals surface area contributed by atoms with Gasteiger partial charge in [0, 0.05) is 12.7 Å². The number of carboxylic acid groups (broad SMARTS) is 1. The molecule has 0 fully saturated rings. The number of urea groups is 1. The van der Waals surface area contributed by atoms with Crippen molar-refractivity contribution in [3.8, 4) is 11.1 Å². The highest BCUT2D eigenvalue weighted by Crippen LogP contribution is 2.39. The highest BCUT2D eigenvalue weighted by atomic mass is 19.1. The minimum atomic E-state index is -1.21. The van der Waals surface area contributed by atoms with E-state index in [9.17, 15) is 23.5 Å². The zero-order chi connectivity index (χ0) is 28.3. The van der Waals surface area contributed by atoms with E-state index >= 15 is 0 Å². The van der Waals surface area contributed by atoms with E-state index < -0.39 is 23.6 Å². The molecule has 0 saturated carbocycles. The van der Waals surface area contributed by atoms with Crippen LogP contribution in [-0.2, 0) is 5.41 Å². The number of aromatic carboxylic acids is 1. The van der Waals surface area contributed by atoms with Crippen LogP contribution in [0, 0.1) is 11.6 Å². The lowest BCUT2D eigenvalue weighted by Crippen LogP contribution is -2.23. The number of rotatable bonds is 6. The summed E-state index contributed by atoms with van der Waals surface area (Å²) in [5, 5.41) is 14.9. The molecule has 0 atom stereocenters. The van der Waals surface area contributed by atoms with Crippen molar-refractivity contribution in [3.63, 3.8) is 0 Å². The monoisotopic (exact) mass is 529 g/mol. The fraction of sp³-hybridized carbons (Fsp3) is 0.161. The standard InChI is InChI=1S/C31H29F2N3O3/c1-31(2,3)23-9-5-8-12-27(23)36(4)28-16-13-19(22-18-20(32)14-15-21(22)29(37)38)17-26(28)35-30(39)34-25-11-7-6-10-24(25)33/h5-18H,1-4H3,(H,37,38)(H2,34,35,39). The molecule has 0 spiro atoms. The average molecular weight is 530 g/mol. The Kier molecular flexibility index (Phi) is 7.67. The molecule has 4 aromatic carbocycles. The Bertz CT molecular complexity index is 1550. The smallest absolute Gasteiger partial charge is 0.336 e. The molecule has 0 aromatic heterocycles. The Morgan fingerprint density at radius 1 is 0.795 bits per heavy atom. The van der Waals surface area contributed by atoms with Gasteiger partial charge in [-0.3, -0.25) is 0 Å². The summed E-state index contributed by atoms with van der Waals surface area (Å²) < 4.78 is 28.3. The molecule has 0 saturated heterocycles. The number of benzene rings is 4. The van der Waals surface area contributed by atoms with Crippen LogP contribution in [0.5, 0.6) is 0 Å². The molecule has 0 bridgehead atoms. The molecular formula is C31H29F2N3O3. The molecule has 3 N–H and O–H groups in total. The Morgan fingerprint density at radius 3 is 2.15 bits per heavy atom. The van der Waals surface area contributed by atoms with Crippen molar-refractivity contribution < 1.29 is 23.5 Å². The van der Waals surface area contributed by atoms with E-state index in [1.54, 1.807) is 24.3 Å². The molecule has 0 radical (unpaired) electrons. The molecule has 4 aromatic rings. The van der Waals surface area contributed by atoms with Gasteiger partial charge in [-0.2, -0.15) is 0 Å². The van der Waals surface area contributed by atoms with Crippen molar-refractivity contribution >= 4 is 34.7 Å². The van der Waals surface area contributed by atoms with Crippen molar-refractivity contribution in [3.05, 3.63) is 108 Å². The van der Waals surface area contributed by atoms with E-state index in [0.717, 1.165) is 23.4 Å². The first-order chi connectivity index (χ1) is 18.5. The number of carboxylic acids is 1. The first-order valence-electron chi connectivity index (χ1n) is 12.3. The predicted molar refractivity (Wildman–Crippen MR) is 151 cm³/mol. The first-order valence-corrected chi connectivity index (χ1v) is 12.3. The SMILES string of the molecule is CN(c1ccc(-c2cc(F)ccc2C(=O)O)cc1NC(=O)Nc1ccccc1F)c1ccccc1C(C)(C)C. The maximum atomic E-state index is 14.2. The van der Waals surface area contributed by atoms with Crippen LogP contribution in [0.15, 0.2) is 84.9 Å². The molecule has 0 aliphatic rings. The van der Waals surface area contributed by atoms with Gasteiger partial charge in [-0.25, -0.2) is 18.4 Å². The lowest BCUT2D eigenvalue weighted by molar-refractivity contribution is 0.0697. The van der Waals surface area contributed by atoms with Gasteiger partial charge in [-0.15, -0.1) is 0 Å². The van der Waals surface area contributed by atoms with Crippen LogP contribution in [0.2, 0.25) is 0 Å². The van der Waals surface area contributed by atoms with E-state index in [4.69, 9.17) is 0 Å². The molecule has 4 rings (SSSR count).